The standard InChI is InChI=1S/C12H12BNO3/c1-17-12-11(13(15)16)10(7-8-14-12)9-5-3-2-4-6-9/h2-8,15-16H,1H3. The fraction of sp³-hybridized carbons (Fsp3) is 0.0833. The second-order valence-electron chi connectivity index (χ2n) is 3.52. The van der Waals surface area contributed by atoms with Crippen molar-refractivity contribution in [2.75, 3.05) is 7.11 Å². The fourth-order valence-corrected chi connectivity index (χ4v) is 1.74. The first-order valence-corrected chi connectivity index (χ1v) is 5.18. The van der Waals surface area contributed by atoms with Gasteiger partial charge in [-0.05, 0) is 17.2 Å². The van der Waals surface area contributed by atoms with E-state index in [1.807, 2.05) is 30.3 Å². The highest BCUT2D eigenvalue weighted by Crippen LogP contribution is 2.19. The Hall–Kier alpha value is -1.85. The van der Waals surface area contributed by atoms with Crippen molar-refractivity contribution >= 4 is 12.6 Å². The molecule has 5 heteroatoms. The fourth-order valence-electron chi connectivity index (χ4n) is 1.74. The van der Waals surface area contributed by atoms with Crippen LogP contribution in [0.5, 0.6) is 5.88 Å². The summed E-state index contributed by atoms with van der Waals surface area (Å²) in [6, 6.07) is 11.2. The van der Waals surface area contributed by atoms with Crippen LogP contribution < -0.4 is 10.2 Å². The smallest absolute Gasteiger partial charge is 0.481 e. The Morgan fingerprint density at radius 2 is 1.82 bits per heavy atom. The SMILES string of the molecule is COc1nccc(-c2ccccc2)c1B(O)O. The van der Waals surface area contributed by atoms with Gasteiger partial charge in [-0.1, -0.05) is 30.3 Å². The predicted octanol–water partition coefficient (Wildman–Crippen LogP) is 0.437. The molecule has 0 atom stereocenters. The van der Waals surface area contributed by atoms with Gasteiger partial charge >= 0.3 is 7.12 Å². The van der Waals surface area contributed by atoms with E-state index in [9.17, 15) is 10.0 Å². The van der Waals surface area contributed by atoms with Crippen LogP contribution in [0.4, 0.5) is 0 Å². The number of aromatic nitrogens is 1. The molecule has 1 aromatic carbocycles. The molecular formula is C12H12BNO3. The average molecular weight is 229 g/mol. The summed E-state index contributed by atoms with van der Waals surface area (Å²) >= 11 is 0. The molecule has 86 valence electrons. The van der Waals surface area contributed by atoms with E-state index in [1.54, 1.807) is 12.3 Å². The molecule has 0 saturated carbocycles. The lowest BCUT2D eigenvalue weighted by atomic mass is 9.76. The van der Waals surface area contributed by atoms with Crippen molar-refractivity contribution in [3.63, 3.8) is 0 Å². The number of hydrogen-bond acceptors (Lipinski definition) is 4. The van der Waals surface area contributed by atoms with E-state index in [0.29, 0.717) is 5.56 Å². The van der Waals surface area contributed by atoms with Gasteiger partial charge in [-0.25, -0.2) is 4.98 Å². The van der Waals surface area contributed by atoms with Crippen molar-refractivity contribution < 1.29 is 14.8 Å². The molecular weight excluding hydrogens is 217 g/mol. The van der Waals surface area contributed by atoms with Crippen LogP contribution in [0.15, 0.2) is 42.6 Å². The lowest BCUT2D eigenvalue weighted by molar-refractivity contribution is 0.391. The van der Waals surface area contributed by atoms with Gasteiger partial charge in [0.2, 0.25) is 5.88 Å². The van der Waals surface area contributed by atoms with Crippen molar-refractivity contribution in [3.8, 4) is 17.0 Å². The van der Waals surface area contributed by atoms with E-state index in [0.717, 1.165) is 5.56 Å². The quantitative estimate of drug-likeness (QED) is 0.749. The molecule has 0 fully saturated rings. The molecule has 0 aliphatic carbocycles. The van der Waals surface area contributed by atoms with Gasteiger partial charge in [-0.3, -0.25) is 0 Å². The van der Waals surface area contributed by atoms with Gasteiger partial charge in [0.05, 0.1) is 12.6 Å². The summed E-state index contributed by atoms with van der Waals surface area (Å²) in [5, 5.41) is 18.8. The molecule has 0 unspecified atom stereocenters. The predicted molar refractivity (Wildman–Crippen MR) is 66.1 cm³/mol. The number of hydrogen-bond donors (Lipinski definition) is 2. The highest BCUT2D eigenvalue weighted by Gasteiger charge is 2.23. The topological polar surface area (TPSA) is 62.6 Å². The van der Waals surface area contributed by atoms with E-state index < -0.39 is 7.12 Å². The first-order chi connectivity index (χ1) is 8.24. The van der Waals surface area contributed by atoms with Gasteiger partial charge in [-0.15, -0.1) is 0 Å². The van der Waals surface area contributed by atoms with E-state index in [4.69, 9.17) is 4.74 Å². The summed E-state index contributed by atoms with van der Waals surface area (Å²) in [5.41, 5.74) is 1.87. The Kier molecular flexibility index (Phi) is 3.42. The average Bonchev–Trinajstić information content (AvgIpc) is 2.38. The third-order valence-electron chi connectivity index (χ3n) is 2.49. The van der Waals surface area contributed by atoms with Crippen molar-refractivity contribution in [2.24, 2.45) is 0 Å². The van der Waals surface area contributed by atoms with Crippen LogP contribution in [-0.2, 0) is 0 Å². The molecule has 0 saturated heterocycles. The summed E-state index contributed by atoms with van der Waals surface area (Å²) in [6.45, 7) is 0. The zero-order valence-corrected chi connectivity index (χ0v) is 9.37. The Morgan fingerprint density at radius 1 is 1.12 bits per heavy atom. The number of pyridine rings is 1. The maximum Gasteiger partial charge on any atom is 0.494 e. The number of ether oxygens (including phenoxy) is 1. The maximum atomic E-state index is 9.41. The summed E-state index contributed by atoms with van der Waals surface area (Å²) in [5.74, 6) is 0.223. The zero-order valence-electron chi connectivity index (χ0n) is 9.37. The number of nitrogens with zero attached hydrogens (tertiary/aromatic N) is 1. The molecule has 1 aromatic heterocycles. The minimum Gasteiger partial charge on any atom is -0.481 e. The molecule has 0 aliphatic heterocycles. The summed E-state index contributed by atoms with van der Waals surface area (Å²) in [4.78, 5) is 3.96. The second kappa shape index (κ2) is 4.99. The summed E-state index contributed by atoms with van der Waals surface area (Å²) in [7, 11) is -0.169. The van der Waals surface area contributed by atoms with Gasteiger partial charge in [0.1, 0.15) is 0 Å². The number of rotatable bonds is 3. The lowest BCUT2D eigenvalue weighted by Gasteiger charge is -2.12. The van der Waals surface area contributed by atoms with Crippen LogP contribution in [-0.4, -0.2) is 29.3 Å². The van der Waals surface area contributed by atoms with Gasteiger partial charge in [-0.2, -0.15) is 0 Å². The Bertz CT molecular complexity index is 502. The third kappa shape index (κ3) is 2.30. The molecule has 2 N–H and O–H groups in total. The van der Waals surface area contributed by atoms with Crippen LogP contribution in [0, 0.1) is 0 Å². The van der Waals surface area contributed by atoms with E-state index >= 15 is 0 Å². The van der Waals surface area contributed by atoms with Crippen molar-refractivity contribution in [1.82, 2.24) is 4.98 Å². The Balaban J connectivity index is 2.62. The molecule has 0 amide bonds. The molecule has 2 rings (SSSR count). The van der Waals surface area contributed by atoms with E-state index in [2.05, 4.69) is 4.98 Å². The first kappa shape index (κ1) is 11.6. The largest absolute Gasteiger partial charge is 0.494 e. The van der Waals surface area contributed by atoms with E-state index in [1.165, 1.54) is 7.11 Å². The van der Waals surface area contributed by atoms with Crippen molar-refractivity contribution in [2.45, 2.75) is 0 Å². The van der Waals surface area contributed by atoms with Crippen LogP contribution in [0.3, 0.4) is 0 Å². The number of methoxy groups -OCH3 is 1. The molecule has 2 aromatic rings. The minimum absolute atomic E-state index is 0.223. The van der Waals surface area contributed by atoms with Gasteiger partial charge < -0.3 is 14.8 Å². The second-order valence-corrected chi connectivity index (χ2v) is 3.52. The van der Waals surface area contributed by atoms with Crippen LogP contribution in [0.25, 0.3) is 11.1 Å². The van der Waals surface area contributed by atoms with Crippen LogP contribution in [0.2, 0.25) is 0 Å². The molecule has 0 bridgehead atoms. The normalized spacial score (nSPS) is 10.1. The van der Waals surface area contributed by atoms with Crippen molar-refractivity contribution in [3.05, 3.63) is 42.6 Å². The van der Waals surface area contributed by atoms with Crippen LogP contribution in [0.1, 0.15) is 0 Å². The molecule has 1 heterocycles. The maximum absolute atomic E-state index is 9.41. The molecule has 17 heavy (non-hydrogen) atoms. The summed E-state index contributed by atoms with van der Waals surface area (Å²) < 4.78 is 5.04. The lowest BCUT2D eigenvalue weighted by Crippen LogP contribution is -2.33. The Labute approximate surface area is 99.7 Å². The highest BCUT2D eigenvalue weighted by atomic mass is 16.5. The highest BCUT2D eigenvalue weighted by molar-refractivity contribution is 6.61. The first-order valence-electron chi connectivity index (χ1n) is 5.18. The van der Waals surface area contributed by atoms with E-state index in [-0.39, 0.29) is 11.3 Å². The molecule has 0 spiro atoms. The van der Waals surface area contributed by atoms with Crippen molar-refractivity contribution in [1.29, 1.82) is 0 Å². The van der Waals surface area contributed by atoms with Gasteiger partial charge in [0, 0.05) is 6.20 Å². The van der Waals surface area contributed by atoms with Crippen LogP contribution >= 0.6 is 0 Å². The Morgan fingerprint density at radius 3 is 2.41 bits per heavy atom. The monoisotopic (exact) mass is 229 g/mol. The molecule has 4 nitrogen and oxygen atoms in total. The summed E-state index contributed by atoms with van der Waals surface area (Å²) in [6.07, 6.45) is 1.58. The minimum atomic E-state index is -1.62. The molecule has 0 aliphatic rings. The zero-order chi connectivity index (χ0) is 12.3. The van der Waals surface area contributed by atoms with Gasteiger partial charge in [0.25, 0.3) is 0 Å². The number of benzene rings is 1. The third-order valence-corrected chi connectivity index (χ3v) is 2.49. The molecule has 0 radical (unpaired) electrons. The van der Waals surface area contributed by atoms with Gasteiger partial charge in [0.15, 0.2) is 0 Å².